The largest absolute Gasteiger partial charge is 0.373 e. The molecule has 0 radical (unpaired) electrons. The SMILES string of the molecule is CN(C)c1nc2nc([C@@H]3CCO[C@@H](c4cnn(C5CC5)c4)C3)nc(-c3cc(F)c(Cl)cc3F)c2s1. The van der Waals surface area contributed by atoms with Crippen LogP contribution in [-0.4, -0.2) is 45.4 Å². The molecule has 4 aromatic rings. The predicted octanol–water partition coefficient (Wildman–Crippen LogP) is 5.92. The molecule has 0 spiro atoms. The fourth-order valence-corrected chi connectivity index (χ4v) is 5.49. The van der Waals surface area contributed by atoms with E-state index in [4.69, 9.17) is 26.3 Å². The van der Waals surface area contributed by atoms with Crippen molar-refractivity contribution in [3.05, 3.63) is 52.6 Å². The summed E-state index contributed by atoms with van der Waals surface area (Å²) in [6.45, 7) is 0.546. The van der Waals surface area contributed by atoms with Gasteiger partial charge in [-0.15, -0.1) is 0 Å². The van der Waals surface area contributed by atoms with Crippen molar-refractivity contribution in [3.8, 4) is 11.3 Å². The topological polar surface area (TPSA) is 69.0 Å². The summed E-state index contributed by atoms with van der Waals surface area (Å²) >= 11 is 7.15. The molecule has 3 aromatic heterocycles. The van der Waals surface area contributed by atoms with E-state index in [2.05, 4.69) is 16.3 Å². The van der Waals surface area contributed by atoms with Crippen molar-refractivity contribution in [3.63, 3.8) is 0 Å². The van der Waals surface area contributed by atoms with Crippen molar-refractivity contribution in [1.82, 2.24) is 24.7 Å². The molecule has 11 heteroatoms. The number of nitrogens with zero attached hydrogens (tertiary/aromatic N) is 6. The van der Waals surface area contributed by atoms with Gasteiger partial charge in [0, 0.05) is 43.9 Å². The fraction of sp³-hybridized carbons (Fsp3) is 0.417. The summed E-state index contributed by atoms with van der Waals surface area (Å²) in [4.78, 5) is 16.1. The summed E-state index contributed by atoms with van der Waals surface area (Å²) in [5.41, 5.74) is 1.88. The van der Waals surface area contributed by atoms with Crippen molar-refractivity contribution in [2.24, 2.45) is 0 Å². The molecular formula is C24H23ClF2N6OS. The molecule has 2 aliphatic rings. The van der Waals surface area contributed by atoms with Crippen molar-refractivity contribution >= 4 is 38.4 Å². The van der Waals surface area contributed by atoms with Gasteiger partial charge in [-0.05, 0) is 37.8 Å². The minimum atomic E-state index is -0.701. The van der Waals surface area contributed by atoms with Crippen LogP contribution < -0.4 is 4.90 Å². The number of anilines is 1. The van der Waals surface area contributed by atoms with E-state index in [9.17, 15) is 8.78 Å². The van der Waals surface area contributed by atoms with Gasteiger partial charge in [-0.25, -0.2) is 18.7 Å². The lowest BCUT2D eigenvalue weighted by molar-refractivity contribution is 0.00396. The molecule has 182 valence electrons. The predicted molar refractivity (Wildman–Crippen MR) is 131 cm³/mol. The molecule has 4 heterocycles. The standard InChI is InChI=1S/C24H23ClF2N6OS/c1-32(2)24-31-23-21(35-24)20(15-8-18(27)16(25)9-17(15)26)29-22(30-23)12-5-6-34-19(7-12)13-10-28-33(11-13)14-3-4-14/h8-12,14,19H,3-7H2,1-2H3/t12-,19-/m1/s1. The number of rotatable bonds is 5. The molecule has 1 saturated carbocycles. The molecular weight excluding hydrogens is 494 g/mol. The molecule has 2 fully saturated rings. The van der Waals surface area contributed by atoms with Crippen LogP contribution in [-0.2, 0) is 4.74 Å². The lowest BCUT2D eigenvalue weighted by Crippen LogP contribution is -2.20. The number of halogens is 3. The Morgan fingerprint density at radius 1 is 1.11 bits per heavy atom. The monoisotopic (exact) mass is 516 g/mol. The summed E-state index contributed by atoms with van der Waals surface area (Å²) in [7, 11) is 3.75. The number of hydrogen-bond donors (Lipinski definition) is 0. The molecule has 1 aliphatic carbocycles. The number of hydrogen-bond acceptors (Lipinski definition) is 7. The third kappa shape index (κ3) is 4.28. The average Bonchev–Trinajstić information content (AvgIpc) is 3.40. The van der Waals surface area contributed by atoms with Crippen LogP contribution in [0.5, 0.6) is 0 Å². The molecule has 6 rings (SSSR count). The van der Waals surface area contributed by atoms with E-state index >= 15 is 0 Å². The van der Waals surface area contributed by atoms with Crippen molar-refractivity contribution in [2.75, 3.05) is 25.6 Å². The summed E-state index contributed by atoms with van der Waals surface area (Å²) in [6.07, 6.45) is 7.53. The lowest BCUT2D eigenvalue weighted by atomic mass is 9.92. The zero-order valence-electron chi connectivity index (χ0n) is 19.2. The minimum Gasteiger partial charge on any atom is -0.373 e. The minimum absolute atomic E-state index is 0.0223. The van der Waals surface area contributed by atoms with Gasteiger partial charge in [-0.1, -0.05) is 22.9 Å². The molecule has 0 amide bonds. The van der Waals surface area contributed by atoms with E-state index in [0.717, 1.165) is 37.0 Å². The van der Waals surface area contributed by atoms with E-state index in [1.54, 1.807) is 0 Å². The summed E-state index contributed by atoms with van der Waals surface area (Å²) in [5.74, 6) is -0.807. The van der Waals surface area contributed by atoms with Gasteiger partial charge in [0.25, 0.3) is 0 Å². The van der Waals surface area contributed by atoms with Gasteiger partial charge >= 0.3 is 0 Å². The normalized spacial score (nSPS) is 20.5. The third-order valence-corrected chi connectivity index (χ3v) is 7.98. The number of fused-ring (bicyclic) bond motifs is 1. The Balaban J connectivity index is 1.41. The highest BCUT2D eigenvalue weighted by Gasteiger charge is 2.31. The van der Waals surface area contributed by atoms with Crippen LogP contribution in [0.3, 0.4) is 0 Å². The smallest absolute Gasteiger partial charge is 0.187 e. The molecule has 0 unspecified atom stereocenters. The van der Waals surface area contributed by atoms with Crippen LogP contribution in [0.25, 0.3) is 21.6 Å². The number of thiazole rings is 1. The maximum atomic E-state index is 15.0. The van der Waals surface area contributed by atoms with Crippen LogP contribution in [0.2, 0.25) is 5.02 Å². The van der Waals surface area contributed by atoms with Gasteiger partial charge in [0.1, 0.15) is 22.2 Å². The summed E-state index contributed by atoms with van der Waals surface area (Å²) < 4.78 is 38.0. The molecule has 0 N–H and O–H groups in total. The van der Waals surface area contributed by atoms with E-state index in [-0.39, 0.29) is 22.6 Å². The van der Waals surface area contributed by atoms with Gasteiger partial charge in [0.05, 0.1) is 29.1 Å². The lowest BCUT2D eigenvalue weighted by Gasteiger charge is -2.28. The Labute approximate surface area is 209 Å². The van der Waals surface area contributed by atoms with Gasteiger partial charge in [0.15, 0.2) is 10.8 Å². The van der Waals surface area contributed by atoms with Crippen molar-refractivity contribution < 1.29 is 13.5 Å². The molecule has 2 atom stereocenters. The van der Waals surface area contributed by atoms with E-state index in [0.29, 0.717) is 46.1 Å². The van der Waals surface area contributed by atoms with Gasteiger partial charge < -0.3 is 9.64 Å². The molecule has 1 aromatic carbocycles. The number of ether oxygens (including phenoxy) is 1. The Bertz CT molecular complexity index is 1420. The Kier molecular flexibility index (Phi) is 5.69. The quantitative estimate of drug-likeness (QED) is 0.307. The van der Waals surface area contributed by atoms with Crippen molar-refractivity contribution in [2.45, 2.75) is 43.7 Å². The first-order valence-corrected chi connectivity index (χ1v) is 12.7. The highest BCUT2D eigenvalue weighted by Crippen LogP contribution is 2.41. The summed E-state index contributed by atoms with van der Waals surface area (Å²) in [6, 6.07) is 2.58. The Morgan fingerprint density at radius 2 is 1.94 bits per heavy atom. The van der Waals surface area contributed by atoms with Crippen LogP contribution in [0.4, 0.5) is 13.9 Å². The molecule has 0 bridgehead atoms. The highest BCUT2D eigenvalue weighted by atomic mass is 35.5. The van der Waals surface area contributed by atoms with Crippen molar-refractivity contribution in [1.29, 1.82) is 0 Å². The first kappa shape index (κ1) is 22.8. The van der Waals surface area contributed by atoms with Gasteiger partial charge in [-0.3, -0.25) is 4.68 Å². The Morgan fingerprint density at radius 3 is 2.71 bits per heavy atom. The van der Waals surface area contributed by atoms with E-state index < -0.39 is 11.6 Å². The molecule has 35 heavy (non-hydrogen) atoms. The second-order valence-electron chi connectivity index (χ2n) is 9.29. The van der Waals surface area contributed by atoms with Crippen LogP contribution in [0.15, 0.2) is 24.5 Å². The fourth-order valence-electron chi connectivity index (χ4n) is 4.41. The average molecular weight is 517 g/mol. The first-order valence-electron chi connectivity index (χ1n) is 11.5. The zero-order valence-corrected chi connectivity index (χ0v) is 20.8. The number of aromatic nitrogens is 5. The maximum absolute atomic E-state index is 15.0. The zero-order chi connectivity index (χ0) is 24.3. The van der Waals surface area contributed by atoms with E-state index in [1.165, 1.54) is 11.3 Å². The third-order valence-electron chi connectivity index (χ3n) is 6.47. The Hall–Kier alpha value is -2.69. The van der Waals surface area contributed by atoms with Crippen LogP contribution >= 0.6 is 22.9 Å². The van der Waals surface area contributed by atoms with Crippen LogP contribution in [0, 0.1) is 11.6 Å². The molecule has 1 aliphatic heterocycles. The maximum Gasteiger partial charge on any atom is 0.187 e. The van der Waals surface area contributed by atoms with Crippen LogP contribution in [0.1, 0.15) is 55.1 Å². The van der Waals surface area contributed by atoms with Gasteiger partial charge in [0.2, 0.25) is 0 Å². The number of benzene rings is 1. The second kappa shape index (κ2) is 8.76. The molecule has 7 nitrogen and oxygen atoms in total. The second-order valence-corrected chi connectivity index (χ2v) is 10.7. The van der Waals surface area contributed by atoms with E-state index in [1.807, 2.05) is 29.9 Å². The first-order chi connectivity index (χ1) is 16.9. The summed E-state index contributed by atoms with van der Waals surface area (Å²) in [5, 5.41) is 4.93. The van der Waals surface area contributed by atoms with Gasteiger partial charge in [-0.2, -0.15) is 10.1 Å². The highest BCUT2D eigenvalue weighted by molar-refractivity contribution is 7.22. The molecule has 1 saturated heterocycles.